The fourth-order valence-corrected chi connectivity index (χ4v) is 3.92. The second-order valence-corrected chi connectivity index (χ2v) is 9.83. The van der Waals surface area contributed by atoms with E-state index in [-0.39, 0.29) is 24.8 Å². The number of fused-ring (bicyclic) bond motifs is 2. The van der Waals surface area contributed by atoms with Crippen LogP contribution < -0.4 is 21.1 Å². The third-order valence-corrected chi connectivity index (χ3v) is 6.20. The van der Waals surface area contributed by atoms with E-state index in [9.17, 15) is 29.4 Å². The van der Waals surface area contributed by atoms with Gasteiger partial charge in [-0.1, -0.05) is 12.1 Å². The van der Waals surface area contributed by atoms with E-state index in [2.05, 4.69) is 10.6 Å². The Labute approximate surface area is 232 Å². The molecule has 2 unspecified atom stereocenters. The number of aliphatic hydroxyl groups excluding tert-OH is 3. The predicted octanol–water partition coefficient (Wildman–Crippen LogP) is 0.000300. The maximum Gasteiger partial charge on any atom is 0.419 e. The topological polar surface area (TPSA) is 241 Å². The molecular formula is C26H31N3O12. The van der Waals surface area contributed by atoms with Crippen LogP contribution in [0.2, 0.25) is 0 Å². The molecule has 15 nitrogen and oxygen atoms in total. The number of benzene rings is 2. The molecule has 0 bridgehead atoms. The highest BCUT2D eigenvalue weighted by atomic mass is 16.5. The number of para-hydroxylation sites is 2. The highest BCUT2D eigenvalue weighted by molar-refractivity contribution is 5.96. The van der Waals surface area contributed by atoms with Crippen molar-refractivity contribution in [3.05, 3.63) is 52.5 Å². The monoisotopic (exact) mass is 577 g/mol. The minimum Gasteiger partial charge on any atom is -0.508 e. The van der Waals surface area contributed by atoms with Crippen LogP contribution in [0.1, 0.15) is 31.9 Å². The Morgan fingerprint density at radius 3 is 2.34 bits per heavy atom. The van der Waals surface area contributed by atoms with Crippen LogP contribution in [-0.4, -0.2) is 84.0 Å². The molecule has 1 aliphatic heterocycles. The van der Waals surface area contributed by atoms with Crippen LogP contribution in [0, 0.1) is 0 Å². The summed E-state index contributed by atoms with van der Waals surface area (Å²) in [7, 11) is 0. The number of phenolic OH excluding ortho intramolecular Hbond substituents is 1. The van der Waals surface area contributed by atoms with Gasteiger partial charge in [0.1, 0.15) is 11.5 Å². The quantitative estimate of drug-likeness (QED) is 0.158. The van der Waals surface area contributed by atoms with Gasteiger partial charge < -0.3 is 50.4 Å². The van der Waals surface area contributed by atoms with Crippen molar-refractivity contribution in [2.24, 2.45) is 0 Å². The van der Waals surface area contributed by atoms with Crippen molar-refractivity contribution in [3.63, 3.8) is 0 Å². The summed E-state index contributed by atoms with van der Waals surface area (Å²) in [6, 6.07) is 10.1. The van der Waals surface area contributed by atoms with Crippen molar-refractivity contribution in [2.75, 3.05) is 18.5 Å². The number of hydrogen-bond donors (Lipinski definition) is 8. The maximum absolute atomic E-state index is 12.2. The molecule has 0 spiro atoms. The van der Waals surface area contributed by atoms with Crippen molar-refractivity contribution in [1.29, 1.82) is 0 Å². The summed E-state index contributed by atoms with van der Waals surface area (Å²) in [4.78, 5) is 43.2. The molecule has 0 saturated carbocycles. The van der Waals surface area contributed by atoms with Gasteiger partial charge in [0.15, 0.2) is 24.4 Å². The fourth-order valence-electron chi connectivity index (χ4n) is 3.92. The van der Waals surface area contributed by atoms with Crippen molar-refractivity contribution >= 4 is 34.6 Å². The summed E-state index contributed by atoms with van der Waals surface area (Å²) >= 11 is 0. The first-order valence-corrected chi connectivity index (χ1v) is 12.3. The van der Waals surface area contributed by atoms with E-state index in [0.29, 0.717) is 35.5 Å². The first-order chi connectivity index (χ1) is 19.2. The molecule has 15 heteroatoms. The fraction of sp³-hybridized carbons (Fsp3) is 0.385. The lowest BCUT2D eigenvalue weighted by Gasteiger charge is -2.29. The highest BCUT2D eigenvalue weighted by Gasteiger charge is 2.29. The molecule has 2 aromatic carbocycles. The number of aromatic hydroxyl groups is 1. The number of aliphatic carboxylic acids is 2. The van der Waals surface area contributed by atoms with Gasteiger partial charge in [0.25, 0.3) is 5.91 Å². The molecule has 8 N–H and O–H groups in total. The zero-order valence-electron chi connectivity index (χ0n) is 22.1. The smallest absolute Gasteiger partial charge is 0.419 e. The van der Waals surface area contributed by atoms with E-state index in [1.165, 1.54) is 12.1 Å². The van der Waals surface area contributed by atoms with Crippen molar-refractivity contribution < 1.29 is 54.2 Å². The van der Waals surface area contributed by atoms with Crippen molar-refractivity contribution in [1.82, 2.24) is 9.88 Å². The number of carboxylic acid groups (broad SMARTS) is 2. The number of nitrogens with one attached hydrogen (secondary N) is 2. The summed E-state index contributed by atoms with van der Waals surface area (Å²) in [5, 5.41) is 59.1. The predicted molar refractivity (Wildman–Crippen MR) is 142 cm³/mol. The molecule has 222 valence electrons. The molecule has 0 aliphatic carbocycles. The van der Waals surface area contributed by atoms with E-state index in [1.54, 1.807) is 10.6 Å². The Morgan fingerprint density at radius 2 is 1.71 bits per heavy atom. The number of amides is 1. The number of β-amino-alcohol motifs (C(OH)–C–C–N with tert-alkyl or cyclic N) is 1. The molecule has 0 saturated heterocycles. The van der Waals surface area contributed by atoms with E-state index < -0.39 is 41.5 Å². The van der Waals surface area contributed by atoms with Crippen LogP contribution in [-0.2, 0) is 20.9 Å². The Morgan fingerprint density at radius 1 is 1.07 bits per heavy atom. The lowest BCUT2D eigenvalue weighted by atomic mass is 9.99. The number of carbonyl (C=O) groups is 3. The van der Waals surface area contributed by atoms with Crippen LogP contribution in [0.3, 0.4) is 0 Å². The largest absolute Gasteiger partial charge is 0.508 e. The molecule has 3 aromatic rings. The zero-order valence-corrected chi connectivity index (χ0v) is 22.1. The van der Waals surface area contributed by atoms with Gasteiger partial charge in [-0.2, -0.15) is 0 Å². The average molecular weight is 578 g/mol. The number of aromatic nitrogens is 1. The Hall–Kier alpha value is -4.44. The number of oxazole rings is 1. The van der Waals surface area contributed by atoms with Gasteiger partial charge >= 0.3 is 17.7 Å². The molecule has 3 atom stereocenters. The van der Waals surface area contributed by atoms with Crippen LogP contribution >= 0.6 is 0 Å². The van der Waals surface area contributed by atoms with E-state index in [1.807, 2.05) is 32.0 Å². The highest BCUT2D eigenvalue weighted by Crippen LogP contribution is 2.38. The number of phenols is 1. The second kappa shape index (κ2) is 12.8. The Kier molecular flexibility index (Phi) is 9.72. The van der Waals surface area contributed by atoms with Crippen LogP contribution in [0.5, 0.6) is 11.5 Å². The number of nitrogens with zero attached hydrogens (tertiary/aromatic N) is 1. The molecule has 1 aliphatic rings. The molecule has 41 heavy (non-hydrogen) atoms. The molecular weight excluding hydrogens is 546 g/mol. The minimum atomic E-state index is -2.27. The lowest BCUT2D eigenvalue weighted by molar-refractivity contribution is -0.165. The van der Waals surface area contributed by atoms with Gasteiger partial charge in [-0.3, -0.25) is 9.36 Å². The third-order valence-electron chi connectivity index (χ3n) is 6.20. The second-order valence-electron chi connectivity index (χ2n) is 9.83. The van der Waals surface area contributed by atoms with E-state index >= 15 is 0 Å². The van der Waals surface area contributed by atoms with Gasteiger partial charge in [0.2, 0.25) is 0 Å². The summed E-state index contributed by atoms with van der Waals surface area (Å²) in [5.41, 5.74) is 1.60. The van der Waals surface area contributed by atoms with Gasteiger partial charge in [-0.15, -0.1) is 0 Å². The molecule has 1 amide bonds. The molecule has 1 aromatic heterocycles. The Bertz CT molecular complexity index is 1460. The SMILES string of the molecule is CC(C)(CCn1c(=O)oc2ccccc21)NC[C@H](O)c1cc(O)cc2c1OCC(=O)N2.O=C(O)C(O)C(O)C(=O)O. The summed E-state index contributed by atoms with van der Waals surface area (Å²) in [6.45, 7) is 4.43. The number of rotatable bonds is 10. The van der Waals surface area contributed by atoms with E-state index in [0.717, 1.165) is 5.52 Å². The number of anilines is 1. The normalized spacial score (nSPS) is 15.0. The summed E-state index contributed by atoms with van der Waals surface area (Å²) < 4.78 is 12.3. The number of carbonyl (C=O) groups excluding carboxylic acids is 1. The van der Waals surface area contributed by atoms with Crippen molar-refractivity contribution in [3.8, 4) is 11.5 Å². The van der Waals surface area contributed by atoms with Gasteiger partial charge in [-0.05, 0) is 38.5 Å². The number of aliphatic hydroxyl groups is 3. The van der Waals surface area contributed by atoms with Crippen LogP contribution in [0.15, 0.2) is 45.6 Å². The number of ether oxygens (including phenoxy) is 1. The molecule has 2 heterocycles. The lowest BCUT2D eigenvalue weighted by Crippen LogP contribution is -2.42. The average Bonchev–Trinajstić information content (AvgIpc) is 3.24. The molecule has 4 rings (SSSR count). The third kappa shape index (κ3) is 7.82. The first kappa shape index (κ1) is 31.1. The van der Waals surface area contributed by atoms with E-state index in [4.69, 9.17) is 29.6 Å². The molecule has 0 fully saturated rings. The van der Waals surface area contributed by atoms with Crippen LogP contribution in [0.4, 0.5) is 5.69 Å². The van der Waals surface area contributed by atoms with Crippen molar-refractivity contribution in [2.45, 2.75) is 50.7 Å². The molecule has 0 radical (unpaired) electrons. The van der Waals surface area contributed by atoms with Gasteiger partial charge in [0, 0.05) is 30.3 Å². The minimum absolute atomic E-state index is 0.0796. The number of aryl methyl sites for hydroxylation is 1. The standard InChI is InChI=1S/C22H25N3O6.C4H6O6/c1-22(2,7-8-25-16-5-3-4-6-18(16)31-21(25)29)23-11-17(27)14-9-13(26)10-15-20(14)30-12-19(28)24-15;5-1(3(7)8)2(6)4(9)10/h3-6,9-10,17,23,26-27H,7-8,11-12H2,1-2H3,(H,24,28);1-2,5-6H,(H,7,8)(H,9,10)/t17-;/m0./s1. The van der Waals surface area contributed by atoms with Gasteiger partial charge in [0.05, 0.1) is 17.3 Å². The zero-order chi connectivity index (χ0) is 30.5. The van der Waals surface area contributed by atoms with Crippen LogP contribution in [0.25, 0.3) is 11.1 Å². The maximum atomic E-state index is 12.2. The Balaban J connectivity index is 0.000000397. The number of hydrogen-bond acceptors (Lipinski definition) is 11. The summed E-state index contributed by atoms with van der Waals surface area (Å²) in [6.07, 6.45) is -4.91. The van der Waals surface area contributed by atoms with Gasteiger partial charge in [-0.25, -0.2) is 14.4 Å². The summed E-state index contributed by atoms with van der Waals surface area (Å²) in [5.74, 6) is -3.99. The number of carboxylic acids is 2. The first-order valence-electron chi connectivity index (χ1n) is 12.3.